The Labute approximate surface area is 103 Å². The molecule has 0 fully saturated rings. The van der Waals surface area contributed by atoms with Gasteiger partial charge in [-0.25, -0.2) is 0 Å². The molecule has 0 radical (unpaired) electrons. The Morgan fingerprint density at radius 3 is 2.71 bits per heavy atom. The number of hydrogen-bond acceptors (Lipinski definition) is 2. The third-order valence-corrected chi connectivity index (χ3v) is 3.28. The fraction of sp³-hybridized carbons (Fsp3) is 0.400. The number of rotatable bonds is 3. The third kappa shape index (κ3) is 2.47. The Morgan fingerprint density at radius 1 is 1.24 bits per heavy atom. The predicted octanol–water partition coefficient (Wildman–Crippen LogP) is 3.07. The maximum atomic E-state index is 5.81. The molecule has 0 saturated heterocycles. The van der Waals surface area contributed by atoms with Crippen molar-refractivity contribution in [3.63, 3.8) is 0 Å². The van der Waals surface area contributed by atoms with Crippen molar-refractivity contribution in [2.75, 3.05) is 6.54 Å². The van der Waals surface area contributed by atoms with Gasteiger partial charge in [0, 0.05) is 17.3 Å². The summed E-state index contributed by atoms with van der Waals surface area (Å²) in [6.07, 6.45) is 2.81. The van der Waals surface area contributed by atoms with Gasteiger partial charge in [0.15, 0.2) is 0 Å². The first-order valence-corrected chi connectivity index (χ1v) is 6.07. The van der Waals surface area contributed by atoms with Crippen molar-refractivity contribution in [2.45, 2.75) is 27.2 Å². The van der Waals surface area contributed by atoms with Crippen LogP contribution in [-0.4, -0.2) is 11.5 Å². The van der Waals surface area contributed by atoms with E-state index in [1.54, 1.807) is 0 Å². The Balaban J connectivity index is 2.54. The Hall–Kier alpha value is -1.41. The maximum Gasteiger partial charge on any atom is 0.0490 e. The standard InChI is InChI=1S/C15H20N2/c1-11-5-4-6-12-7-8-17-13(14(11)12)9-15(2,3)10-16/h4-8H,9-10,16H2,1-3H3. The molecule has 0 saturated carbocycles. The molecular formula is C15H20N2. The van der Waals surface area contributed by atoms with Crippen LogP contribution in [0.5, 0.6) is 0 Å². The minimum Gasteiger partial charge on any atom is -0.330 e. The van der Waals surface area contributed by atoms with E-state index in [0.29, 0.717) is 6.54 Å². The first-order chi connectivity index (χ1) is 8.03. The van der Waals surface area contributed by atoms with Gasteiger partial charge in [-0.15, -0.1) is 0 Å². The lowest BCUT2D eigenvalue weighted by Gasteiger charge is -2.22. The molecule has 90 valence electrons. The summed E-state index contributed by atoms with van der Waals surface area (Å²) in [6, 6.07) is 8.45. The third-order valence-electron chi connectivity index (χ3n) is 3.28. The van der Waals surface area contributed by atoms with Gasteiger partial charge < -0.3 is 5.73 Å². The lowest BCUT2D eigenvalue weighted by Crippen LogP contribution is -2.26. The fourth-order valence-corrected chi connectivity index (χ4v) is 2.16. The minimum atomic E-state index is 0.101. The average molecular weight is 228 g/mol. The Bertz CT molecular complexity index is 524. The van der Waals surface area contributed by atoms with E-state index >= 15 is 0 Å². The smallest absolute Gasteiger partial charge is 0.0490 e. The van der Waals surface area contributed by atoms with E-state index in [9.17, 15) is 0 Å². The summed E-state index contributed by atoms with van der Waals surface area (Å²) in [5.41, 5.74) is 8.36. The highest BCUT2D eigenvalue weighted by Crippen LogP contribution is 2.26. The highest BCUT2D eigenvalue weighted by molar-refractivity contribution is 5.87. The van der Waals surface area contributed by atoms with Crippen LogP contribution >= 0.6 is 0 Å². The van der Waals surface area contributed by atoms with E-state index in [1.165, 1.54) is 16.3 Å². The highest BCUT2D eigenvalue weighted by atomic mass is 14.7. The molecule has 1 heterocycles. The maximum absolute atomic E-state index is 5.81. The fourth-order valence-electron chi connectivity index (χ4n) is 2.16. The van der Waals surface area contributed by atoms with E-state index in [0.717, 1.165) is 12.1 Å². The van der Waals surface area contributed by atoms with Crippen molar-refractivity contribution in [1.82, 2.24) is 4.98 Å². The summed E-state index contributed by atoms with van der Waals surface area (Å²) in [5.74, 6) is 0. The molecular weight excluding hydrogens is 208 g/mol. The molecule has 0 unspecified atom stereocenters. The number of fused-ring (bicyclic) bond motifs is 1. The van der Waals surface area contributed by atoms with Crippen molar-refractivity contribution in [3.05, 3.63) is 41.7 Å². The van der Waals surface area contributed by atoms with Crippen molar-refractivity contribution in [2.24, 2.45) is 11.1 Å². The Kier molecular flexibility index (Phi) is 3.16. The van der Waals surface area contributed by atoms with Crippen LogP contribution < -0.4 is 5.73 Å². The highest BCUT2D eigenvalue weighted by Gasteiger charge is 2.18. The van der Waals surface area contributed by atoms with Gasteiger partial charge >= 0.3 is 0 Å². The number of benzene rings is 1. The van der Waals surface area contributed by atoms with Gasteiger partial charge in [-0.05, 0) is 42.3 Å². The molecule has 0 aliphatic carbocycles. The summed E-state index contributed by atoms with van der Waals surface area (Å²) in [7, 11) is 0. The second kappa shape index (κ2) is 4.46. The van der Waals surface area contributed by atoms with E-state index < -0.39 is 0 Å². The van der Waals surface area contributed by atoms with Gasteiger partial charge in [-0.1, -0.05) is 32.0 Å². The molecule has 0 spiro atoms. The van der Waals surface area contributed by atoms with Crippen molar-refractivity contribution >= 4 is 10.8 Å². The molecule has 1 aromatic carbocycles. The van der Waals surface area contributed by atoms with Crippen LogP contribution in [0.2, 0.25) is 0 Å². The topological polar surface area (TPSA) is 38.9 Å². The molecule has 2 aromatic rings. The largest absolute Gasteiger partial charge is 0.330 e. The van der Waals surface area contributed by atoms with Crippen LogP contribution in [0, 0.1) is 12.3 Å². The van der Waals surface area contributed by atoms with E-state index in [2.05, 4.69) is 50.0 Å². The molecule has 2 heteroatoms. The zero-order chi connectivity index (χ0) is 12.5. The molecule has 17 heavy (non-hydrogen) atoms. The van der Waals surface area contributed by atoms with Crippen LogP contribution in [0.1, 0.15) is 25.1 Å². The van der Waals surface area contributed by atoms with E-state index in [1.807, 2.05) is 6.20 Å². The summed E-state index contributed by atoms with van der Waals surface area (Å²) in [5, 5.41) is 2.55. The van der Waals surface area contributed by atoms with Crippen molar-refractivity contribution in [1.29, 1.82) is 0 Å². The van der Waals surface area contributed by atoms with Crippen LogP contribution in [0.3, 0.4) is 0 Å². The predicted molar refractivity (Wildman–Crippen MR) is 73.0 cm³/mol. The number of nitrogens with two attached hydrogens (primary N) is 1. The summed E-state index contributed by atoms with van der Waals surface area (Å²) in [6.45, 7) is 7.19. The second-order valence-corrected chi connectivity index (χ2v) is 5.48. The molecule has 2 nitrogen and oxygen atoms in total. The second-order valence-electron chi connectivity index (χ2n) is 5.48. The summed E-state index contributed by atoms with van der Waals surface area (Å²) < 4.78 is 0. The summed E-state index contributed by atoms with van der Waals surface area (Å²) >= 11 is 0. The molecule has 0 amide bonds. The van der Waals surface area contributed by atoms with Gasteiger partial charge in [0.05, 0.1) is 0 Å². The molecule has 2 rings (SSSR count). The first kappa shape index (κ1) is 12.1. The number of hydrogen-bond donors (Lipinski definition) is 1. The van der Waals surface area contributed by atoms with Crippen LogP contribution in [0.15, 0.2) is 30.5 Å². The molecule has 2 N–H and O–H groups in total. The lowest BCUT2D eigenvalue weighted by molar-refractivity contribution is 0.374. The van der Waals surface area contributed by atoms with Gasteiger partial charge in [-0.3, -0.25) is 4.98 Å². The number of aryl methyl sites for hydroxylation is 1. The van der Waals surface area contributed by atoms with Crippen LogP contribution in [0.4, 0.5) is 0 Å². The Morgan fingerprint density at radius 2 is 2.00 bits per heavy atom. The number of pyridine rings is 1. The SMILES string of the molecule is Cc1cccc2ccnc(CC(C)(C)CN)c12. The molecule has 0 atom stereocenters. The van der Waals surface area contributed by atoms with Crippen LogP contribution in [-0.2, 0) is 6.42 Å². The number of aromatic nitrogens is 1. The monoisotopic (exact) mass is 228 g/mol. The molecule has 1 aromatic heterocycles. The summed E-state index contributed by atoms with van der Waals surface area (Å²) in [4.78, 5) is 4.55. The quantitative estimate of drug-likeness (QED) is 0.876. The van der Waals surface area contributed by atoms with E-state index in [4.69, 9.17) is 5.73 Å². The van der Waals surface area contributed by atoms with Crippen molar-refractivity contribution < 1.29 is 0 Å². The molecule has 0 bridgehead atoms. The molecule has 0 aliphatic rings. The first-order valence-electron chi connectivity index (χ1n) is 6.07. The zero-order valence-electron chi connectivity index (χ0n) is 10.8. The normalized spacial score (nSPS) is 12.0. The zero-order valence-corrected chi connectivity index (χ0v) is 10.8. The molecule has 0 aliphatic heterocycles. The van der Waals surface area contributed by atoms with Crippen LogP contribution in [0.25, 0.3) is 10.8 Å². The lowest BCUT2D eigenvalue weighted by atomic mass is 9.86. The van der Waals surface area contributed by atoms with Gasteiger partial charge in [0.1, 0.15) is 0 Å². The van der Waals surface area contributed by atoms with Gasteiger partial charge in [-0.2, -0.15) is 0 Å². The van der Waals surface area contributed by atoms with Crippen molar-refractivity contribution in [3.8, 4) is 0 Å². The average Bonchev–Trinajstić information content (AvgIpc) is 2.29. The van der Waals surface area contributed by atoms with Gasteiger partial charge in [0.2, 0.25) is 0 Å². The minimum absolute atomic E-state index is 0.101. The van der Waals surface area contributed by atoms with E-state index in [-0.39, 0.29) is 5.41 Å². The van der Waals surface area contributed by atoms with Gasteiger partial charge in [0.25, 0.3) is 0 Å². The number of nitrogens with zero attached hydrogens (tertiary/aromatic N) is 1.